The topological polar surface area (TPSA) is 72.2 Å². The van der Waals surface area contributed by atoms with E-state index in [1.807, 2.05) is 24.3 Å². The summed E-state index contributed by atoms with van der Waals surface area (Å²) in [6.45, 7) is 2.08. The van der Waals surface area contributed by atoms with Crippen molar-refractivity contribution in [1.29, 1.82) is 0 Å². The molecule has 0 bridgehead atoms. The second kappa shape index (κ2) is 7.18. The Morgan fingerprint density at radius 2 is 1.83 bits per heavy atom. The highest BCUT2D eigenvalue weighted by molar-refractivity contribution is 7.17. The van der Waals surface area contributed by atoms with E-state index < -0.39 is 5.91 Å². The van der Waals surface area contributed by atoms with Gasteiger partial charge in [-0.05, 0) is 55.4 Å². The average Bonchev–Trinajstić information content (AvgIpc) is 2.76. The fourth-order valence-corrected chi connectivity index (χ4v) is 4.45. The first-order valence-electron chi connectivity index (χ1n) is 8.44. The molecule has 0 saturated carbocycles. The highest BCUT2D eigenvalue weighted by Gasteiger charge is 2.24. The number of nitrogens with one attached hydrogen (secondary N) is 1. The first kappa shape index (κ1) is 16.7. The van der Waals surface area contributed by atoms with Crippen LogP contribution < -0.4 is 11.1 Å². The third-order valence-electron chi connectivity index (χ3n) is 4.52. The standard InChI is InChI=1S/C19H22N2O2S/c1-2-12-8-10-13(11-9-12)18(23)21-19-16(17(20)22)14-6-4-3-5-7-15(14)24-19/h8-11H,2-7H2,1H3,(H2,20,22)(H,21,23). The van der Waals surface area contributed by atoms with Crippen LogP contribution in [0.25, 0.3) is 0 Å². The number of hydrogen-bond acceptors (Lipinski definition) is 3. The maximum absolute atomic E-state index is 12.5. The first-order chi connectivity index (χ1) is 11.6. The molecule has 5 heteroatoms. The Balaban J connectivity index is 1.88. The van der Waals surface area contributed by atoms with Gasteiger partial charge in [-0.15, -0.1) is 11.3 Å². The Bertz CT molecular complexity index is 762. The maximum Gasteiger partial charge on any atom is 0.256 e. The number of carbonyl (C=O) groups is 2. The zero-order valence-electron chi connectivity index (χ0n) is 13.9. The number of carbonyl (C=O) groups excluding carboxylic acids is 2. The molecule has 0 spiro atoms. The van der Waals surface area contributed by atoms with E-state index in [2.05, 4.69) is 12.2 Å². The zero-order valence-corrected chi connectivity index (χ0v) is 14.7. The third kappa shape index (κ3) is 3.36. The summed E-state index contributed by atoms with van der Waals surface area (Å²) in [4.78, 5) is 25.7. The monoisotopic (exact) mass is 342 g/mol. The molecule has 0 radical (unpaired) electrons. The minimum atomic E-state index is -0.453. The van der Waals surface area contributed by atoms with E-state index in [1.165, 1.54) is 28.2 Å². The molecule has 0 fully saturated rings. The van der Waals surface area contributed by atoms with Crippen LogP contribution in [0, 0.1) is 0 Å². The Labute approximate surface area is 146 Å². The Morgan fingerprint density at radius 3 is 2.50 bits per heavy atom. The number of thiophene rings is 1. The Hall–Kier alpha value is -2.14. The summed E-state index contributed by atoms with van der Waals surface area (Å²) >= 11 is 1.50. The number of fused-ring (bicyclic) bond motifs is 1. The molecule has 3 rings (SSSR count). The van der Waals surface area contributed by atoms with Gasteiger partial charge in [0.25, 0.3) is 11.8 Å². The van der Waals surface area contributed by atoms with Gasteiger partial charge in [0, 0.05) is 10.4 Å². The molecule has 2 aromatic rings. The van der Waals surface area contributed by atoms with Crippen molar-refractivity contribution in [1.82, 2.24) is 0 Å². The van der Waals surface area contributed by atoms with Gasteiger partial charge in [-0.3, -0.25) is 9.59 Å². The highest BCUT2D eigenvalue weighted by Crippen LogP contribution is 2.37. The second-order valence-corrected chi connectivity index (χ2v) is 7.24. The molecule has 1 aliphatic rings. The van der Waals surface area contributed by atoms with Gasteiger partial charge in [0.05, 0.1) is 5.56 Å². The number of nitrogens with two attached hydrogens (primary N) is 1. The molecule has 1 aromatic carbocycles. The van der Waals surface area contributed by atoms with Gasteiger partial charge in [0.15, 0.2) is 0 Å². The molecular formula is C19H22N2O2S. The summed E-state index contributed by atoms with van der Waals surface area (Å²) in [5.41, 5.74) is 8.93. The second-order valence-electron chi connectivity index (χ2n) is 6.14. The predicted molar refractivity (Wildman–Crippen MR) is 97.9 cm³/mol. The van der Waals surface area contributed by atoms with Crippen LogP contribution in [0.5, 0.6) is 0 Å². The highest BCUT2D eigenvalue weighted by atomic mass is 32.1. The zero-order chi connectivity index (χ0) is 17.1. The van der Waals surface area contributed by atoms with Crippen LogP contribution in [-0.2, 0) is 19.3 Å². The molecule has 1 heterocycles. The maximum atomic E-state index is 12.5. The predicted octanol–water partition coefficient (Wildman–Crippen LogP) is 3.93. The van der Waals surface area contributed by atoms with Crippen LogP contribution in [0.2, 0.25) is 0 Å². The molecule has 24 heavy (non-hydrogen) atoms. The van der Waals surface area contributed by atoms with Crippen molar-refractivity contribution >= 4 is 28.2 Å². The number of benzene rings is 1. The molecule has 1 aliphatic carbocycles. The van der Waals surface area contributed by atoms with E-state index in [1.54, 1.807) is 0 Å². The van der Waals surface area contributed by atoms with Gasteiger partial charge in [0.2, 0.25) is 0 Å². The van der Waals surface area contributed by atoms with Gasteiger partial charge in [-0.25, -0.2) is 0 Å². The number of hydrogen-bond donors (Lipinski definition) is 2. The summed E-state index contributed by atoms with van der Waals surface area (Å²) in [6, 6.07) is 7.54. The first-order valence-corrected chi connectivity index (χ1v) is 9.26. The lowest BCUT2D eigenvalue weighted by molar-refractivity contribution is 0.100. The number of primary amides is 1. The molecule has 2 amide bonds. The van der Waals surface area contributed by atoms with Gasteiger partial charge in [0.1, 0.15) is 5.00 Å². The van der Waals surface area contributed by atoms with E-state index >= 15 is 0 Å². The fraction of sp³-hybridized carbons (Fsp3) is 0.368. The van der Waals surface area contributed by atoms with E-state index in [-0.39, 0.29) is 5.91 Å². The number of amides is 2. The SMILES string of the molecule is CCc1ccc(C(=O)Nc2sc3c(c2C(N)=O)CCCCC3)cc1. The van der Waals surface area contributed by atoms with Gasteiger partial charge >= 0.3 is 0 Å². The number of aryl methyl sites for hydroxylation is 2. The Kier molecular flexibility index (Phi) is 5.00. The van der Waals surface area contributed by atoms with E-state index in [0.717, 1.165) is 37.7 Å². The van der Waals surface area contributed by atoms with Crippen molar-refractivity contribution in [3.8, 4) is 0 Å². The van der Waals surface area contributed by atoms with Crippen molar-refractivity contribution in [2.24, 2.45) is 5.73 Å². The van der Waals surface area contributed by atoms with Crippen LogP contribution in [0.4, 0.5) is 5.00 Å². The molecule has 4 nitrogen and oxygen atoms in total. The molecule has 3 N–H and O–H groups in total. The van der Waals surface area contributed by atoms with Gasteiger partial charge < -0.3 is 11.1 Å². The van der Waals surface area contributed by atoms with Crippen LogP contribution in [0.15, 0.2) is 24.3 Å². The summed E-state index contributed by atoms with van der Waals surface area (Å²) < 4.78 is 0. The molecule has 0 aliphatic heterocycles. The summed E-state index contributed by atoms with van der Waals surface area (Å²) in [7, 11) is 0. The van der Waals surface area contributed by atoms with E-state index in [0.29, 0.717) is 16.1 Å². The molecule has 126 valence electrons. The van der Waals surface area contributed by atoms with Gasteiger partial charge in [-0.1, -0.05) is 25.5 Å². The summed E-state index contributed by atoms with van der Waals surface area (Å²) in [5, 5.41) is 3.50. The fourth-order valence-electron chi connectivity index (χ4n) is 3.16. The van der Waals surface area contributed by atoms with Gasteiger partial charge in [-0.2, -0.15) is 0 Å². The van der Waals surface area contributed by atoms with Crippen LogP contribution in [-0.4, -0.2) is 11.8 Å². The van der Waals surface area contributed by atoms with Crippen molar-refractivity contribution in [3.63, 3.8) is 0 Å². The minimum Gasteiger partial charge on any atom is -0.365 e. The minimum absolute atomic E-state index is 0.198. The van der Waals surface area contributed by atoms with Crippen LogP contribution in [0.1, 0.15) is 62.9 Å². The van der Waals surface area contributed by atoms with Crippen LogP contribution in [0.3, 0.4) is 0 Å². The molecule has 0 unspecified atom stereocenters. The van der Waals surface area contributed by atoms with E-state index in [9.17, 15) is 9.59 Å². The average molecular weight is 342 g/mol. The van der Waals surface area contributed by atoms with Crippen LogP contribution >= 0.6 is 11.3 Å². The number of rotatable bonds is 4. The lowest BCUT2D eigenvalue weighted by atomic mass is 10.0. The quantitative estimate of drug-likeness (QED) is 0.826. The van der Waals surface area contributed by atoms with Crippen molar-refractivity contribution in [3.05, 3.63) is 51.4 Å². The molecule has 1 aromatic heterocycles. The van der Waals surface area contributed by atoms with Crippen molar-refractivity contribution in [2.75, 3.05) is 5.32 Å². The molecule has 0 saturated heterocycles. The Morgan fingerprint density at radius 1 is 1.12 bits per heavy atom. The molecular weight excluding hydrogens is 320 g/mol. The van der Waals surface area contributed by atoms with Crippen molar-refractivity contribution in [2.45, 2.75) is 45.4 Å². The van der Waals surface area contributed by atoms with E-state index in [4.69, 9.17) is 5.73 Å². The third-order valence-corrected chi connectivity index (χ3v) is 5.73. The number of anilines is 1. The largest absolute Gasteiger partial charge is 0.365 e. The van der Waals surface area contributed by atoms with Crippen molar-refractivity contribution < 1.29 is 9.59 Å². The summed E-state index contributed by atoms with van der Waals surface area (Å²) in [5.74, 6) is -0.650. The normalized spacial score (nSPS) is 13.9. The summed E-state index contributed by atoms with van der Waals surface area (Å²) in [6.07, 6.45) is 6.12. The lowest BCUT2D eigenvalue weighted by Crippen LogP contribution is -2.18. The molecule has 0 atom stereocenters. The lowest BCUT2D eigenvalue weighted by Gasteiger charge is -2.07. The smallest absolute Gasteiger partial charge is 0.256 e.